The van der Waals surface area contributed by atoms with Crippen LogP contribution < -0.4 is 4.72 Å². The third-order valence-electron chi connectivity index (χ3n) is 1.16. The number of hydrogen-bond donors (Lipinski definition) is 1. The van der Waals surface area contributed by atoms with Crippen molar-refractivity contribution in [3.8, 4) is 0 Å². The molecule has 0 aliphatic rings. The van der Waals surface area contributed by atoms with E-state index in [-0.39, 0.29) is 0 Å². The van der Waals surface area contributed by atoms with Crippen molar-refractivity contribution in [1.82, 2.24) is 4.72 Å². The van der Waals surface area contributed by atoms with Crippen molar-refractivity contribution in [2.24, 2.45) is 0 Å². The first kappa shape index (κ1) is 11.0. The van der Waals surface area contributed by atoms with Gasteiger partial charge in [-0.05, 0) is 0 Å². The van der Waals surface area contributed by atoms with E-state index in [1.54, 1.807) is 0 Å². The van der Waals surface area contributed by atoms with Crippen molar-refractivity contribution in [2.75, 3.05) is 27.2 Å². The normalized spacial score (nSPS) is 14.9. The Hall–Kier alpha value is 0.0300. The average molecular weight is 179 g/mol. The van der Waals surface area contributed by atoms with Gasteiger partial charge in [-0.2, -0.15) is 0 Å². The maximum absolute atomic E-state index is 9.99. The zero-order valence-corrected chi connectivity index (χ0v) is 7.82. The highest BCUT2D eigenvalue weighted by Gasteiger charge is 2.05. The Labute approximate surface area is 70.6 Å². The van der Waals surface area contributed by atoms with Gasteiger partial charge >= 0.3 is 0 Å². The molecule has 4 nitrogen and oxygen atoms in total. The quantitative estimate of drug-likeness (QED) is 0.355. The maximum Gasteiger partial charge on any atom is 0.128 e. The molecule has 1 radical (unpaired) electrons. The zero-order chi connectivity index (χ0) is 8.91. The lowest BCUT2D eigenvalue weighted by atomic mass is 10.4. The molecule has 0 aromatic carbocycles. The molecule has 0 saturated carbocycles. The van der Waals surface area contributed by atoms with Crippen LogP contribution in [0.25, 0.3) is 0 Å². The largest absolute Gasteiger partial charge is 0.760 e. The topological polar surface area (TPSA) is 52.2 Å². The molecule has 0 aromatic heterocycles. The Balaban J connectivity index is 3.22. The summed E-state index contributed by atoms with van der Waals surface area (Å²) in [5.74, 6) is 0. The fourth-order valence-corrected chi connectivity index (χ4v) is 0.974. The second-order valence-electron chi connectivity index (χ2n) is 3.14. The molecule has 1 unspecified atom stereocenters. The Morgan fingerprint density at radius 3 is 2.55 bits per heavy atom. The van der Waals surface area contributed by atoms with Crippen LogP contribution in [0.1, 0.15) is 6.42 Å². The fourth-order valence-electron chi connectivity index (χ4n) is 0.663. The lowest BCUT2D eigenvalue weighted by Gasteiger charge is -2.22. The van der Waals surface area contributed by atoms with Gasteiger partial charge in [0.1, 0.15) is 7.05 Å². The van der Waals surface area contributed by atoms with Gasteiger partial charge in [0.25, 0.3) is 0 Å². The minimum atomic E-state index is -2.12. The van der Waals surface area contributed by atoms with Crippen molar-refractivity contribution < 1.29 is 13.2 Å². The SMILES string of the molecule is [CH2][N+](C)(C)CCCNS(=O)[O-]. The third-order valence-corrected chi connectivity index (χ3v) is 1.60. The van der Waals surface area contributed by atoms with Crippen molar-refractivity contribution in [2.45, 2.75) is 6.42 Å². The lowest BCUT2D eigenvalue weighted by Crippen LogP contribution is -2.34. The van der Waals surface area contributed by atoms with Gasteiger partial charge in [-0.25, -0.2) is 4.72 Å². The summed E-state index contributed by atoms with van der Waals surface area (Å²) in [6.45, 7) is 1.36. The highest BCUT2D eigenvalue weighted by atomic mass is 32.2. The van der Waals surface area contributed by atoms with E-state index in [0.29, 0.717) is 11.0 Å². The summed E-state index contributed by atoms with van der Waals surface area (Å²) in [6, 6.07) is 0. The van der Waals surface area contributed by atoms with E-state index in [1.165, 1.54) is 0 Å². The van der Waals surface area contributed by atoms with Gasteiger partial charge in [0.2, 0.25) is 0 Å². The van der Waals surface area contributed by atoms with Crippen LogP contribution >= 0.6 is 0 Å². The number of rotatable bonds is 5. The van der Waals surface area contributed by atoms with E-state index in [9.17, 15) is 8.76 Å². The summed E-state index contributed by atoms with van der Waals surface area (Å²) < 4.78 is 22.9. The van der Waals surface area contributed by atoms with Gasteiger partial charge in [-0.15, -0.1) is 0 Å². The molecule has 11 heavy (non-hydrogen) atoms. The summed E-state index contributed by atoms with van der Waals surface area (Å²) in [6.07, 6.45) is 0.810. The summed E-state index contributed by atoms with van der Waals surface area (Å²) in [4.78, 5) is 0. The first-order valence-corrected chi connectivity index (χ1v) is 4.49. The van der Waals surface area contributed by atoms with E-state index >= 15 is 0 Å². The van der Waals surface area contributed by atoms with E-state index in [2.05, 4.69) is 11.8 Å². The van der Waals surface area contributed by atoms with Gasteiger partial charge in [-0.1, -0.05) is 0 Å². The van der Waals surface area contributed by atoms with Crippen LogP contribution in [-0.4, -0.2) is 40.4 Å². The molecule has 67 valence electrons. The summed E-state index contributed by atoms with van der Waals surface area (Å²) in [7, 11) is 7.78. The van der Waals surface area contributed by atoms with Crippen LogP contribution in [0.3, 0.4) is 0 Å². The number of nitrogens with zero attached hydrogens (tertiary/aromatic N) is 1. The number of quaternary nitrogens is 1. The molecule has 0 rings (SSSR count). The first-order valence-electron chi connectivity index (χ1n) is 3.42. The summed E-state index contributed by atoms with van der Waals surface area (Å²) in [5.41, 5.74) is 0. The van der Waals surface area contributed by atoms with Crippen LogP contribution in [0.2, 0.25) is 0 Å². The highest BCUT2D eigenvalue weighted by Crippen LogP contribution is 1.93. The Kier molecular flexibility index (Phi) is 4.83. The monoisotopic (exact) mass is 179 g/mol. The average Bonchev–Trinajstić information content (AvgIpc) is 1.78. The minimum absolute atomic E-state index is 0.493. The minimum Gasteiger partial charge on any atom is -0.760 e. The Morgan fingerprint density at radius 1 is 1.64 bits per heavy atom. The van der Waals surface area contributed by atoms with Crippen molar-refractivity contribution in [3.05, 3.63) is 7.05 Å². The van der Waals surface area contributed by atoms with Crippen molar-refractivity contribution in [3.63, 3.8) is 0 Å². The van der Waals surface area contributed by atoms with Gasteiger partial charge in [0.05, 0.1) is 20.6 Å². The number of nitrogens with one attached hydrogen (secondary N) is 1. The van der Waals surface area contributed by atoms with Gasteiger partial charge in [0.15, 0.2) is 0 Å². The summed E-state index contributed by atoms with van der Waals surface area (Å²) in [5, 5.41) is 0. The lowest BCUT2D eigenvalue weighted by molar-refractivity contribution is -0.845. The number of hydrogen-bond acceptors (Lipinski definition) is 2. The van der Waals surface area contributed by atoms with Gasteiger partial charge < -0.3 is 9.04 Å². The van der Waals surface area contributed by atoms with E-state index in [0.717, 1.165) is 13.0 Å². The van der Waals surface area contributed by atoms with Crippen LogP contribution in [0, 0.1) is 7.05 Å². The van der Waals surface area contributed by atoms with E-state index < -0.39 is 11.3 Å². The van der Waals surface area contributed by atoms with E-state index in [1.807, 2.05) is 14.1 Å². The third kappa shape index (κ3) is 10.0. The molecule has 0 amide bonds. The second-order valence-corrected chi connectivity index (χ2v) is 3.90. The second kappa shape index (κ2) is 4.82. The van der Waals surface area contributed by atoms with Crippen molar-refractivity contribution in [1.29, 1.82) is 0 Å². The Bertz CT molecular complexity index is 133. The molecule has 5 heteroatoms. The zero-order valence-electron chi connectivity index (χ0n) is 7.00. The molecule has 0 aliphatic carbocycles. The molecule has 0 aromatic rings. The molecular formula is C6H15N2O2S. The molecule has 1 N–H and O–H groups in total. The highest BCUT2D eigenvalue weighted by molar-refractivity contribution is 7.77. The van der Waals surface area contributed by atoms with Crippen molar-refractivity contribution >= 4 is 11.3 Å². The standard InChI is InChI=1S/C6H16N2O2S/c1-8(2,3)6-4-5-7-11(9)10/h7H,1,4-6H2,2-3H3,(H,9,10)/q+1/p-1. The molecule has 0 heterocycles. The van der Waals surface area contributed by atoms with Gasteiger partial charge in [0, 0.05) is 24.2 Å². The van der Waals surface area contributed by atoms with E-state index in [4.69, 9.17) is 0 Å². The van der Waals surface area contributed by atoms with Gasteiger partial charge in [-0.3, -0.25) is 4.21 Å². The van der Waals surface area contributed by atoms with Crippen LogP contribution in [0.5, 0.6) is 0 Å². The molecule has 0 spiro atoms. The van der Waals surface area contributed by atoms with Crippen LogP contribution in [0.15, 0.2) is 0 Å². The first-order chi connectivity index (χ1) is 4.92. The molecule has 0 saturated heterocycles. The molecule has 0 bridgehead atoms. The molecular weight excluding hydrogens is 164 g/mol. The molecule has 0 fully saturated rings. The van der Waals surface area contributed by atoms with Crippen LogP contribution in [-0.2, 0) is 11.3 Å². The maximum atomic E-state index is 9.99. The predicted molar refractivity (Wildman–Crippen MR) is 43.9 cm³/mol. The molecule has 1 atom stereocenters. The smallest absolute Gasteiger partial charge is 0.128 e. The fraction of sp³-hybridized carbons (Fsp3) is 0.833. The predicted octanol–water partition coefficient (Wildman–Crippen LogP) is -0.372. The Morgan fingerprint density at radius 2 is 2.18 bits per heavy atom. The van der Waals surface area contributed by atoms with Crippen LogP contribution in [0.4, 0.5) is 0 Å². The summed E-state index contributed by atoms with van der Waals surface area (Å²) >= 11 is -2.12. The molecule has 0 aliphatic heterocycles.